The molecular weight excluding hydrogens is 184 g/mol. The van der Waals surface area contributed by atoms with Crippen LogP contribution in [0.1, 0.15) is 5.56 Å². The molecule has 3 heteroatoms. The Hall–Kier alpha value is -1.15. The van der Waals surface area contributed by atoms with Crippen LogP contribution in [0.2, 0.25) is 5.02 Å². The molecule has 0 atom stereocenters. The third-order valence-corrected chi connectivity index (χ3v) is 2.89. The van der Waals surface area contributed by atoms with Crippen molar-refractivity contribution in [3.8, 4) is 0 Å². The third-order valence-electron chi connectivity index (χ3n) is 2.57. The van der Waals surface area contributed by atoms with Crippen LogP contribution in [-0.4, -0.2) is 11.5 Å². The van der Waals surface area contributed by atoms with E-state index in [4.69, 9.17) is 11.6 Å². The van der Waals surface area contributed by atoms with Gasteiger partial charge in [-0.25, -0.2) is 0 Å². The monoisotopic (exact) mass is 192 g/mol. The van der Waals surface area contributed by atoms with E-state index in [9.17, 15) is 0 Å². The minimum atomic E-state index is 0.813. The van der Waals surface area contributed by atoms with E-state index in [0.717, 1.165) is 23.7 Å². The Balaban J connectivity index is 2.50. The van der Waals surface area contributed by atoms with Crippen LogP contribution in [0.4, 0.5) is 5.69 Å². The lowest BCUT2D eigenvalue weighted by molar-refractivity contribution is 1.01. The summed E-state index contributed by atoms with van der Waals surface area (Å²) < 4.78 is 0. The van der Waals surface area contributed by atoms with Crippen LogP contribution in [0, 0.1) is 0 Å². The molecule has 1 aromatic heterocycles. The van der Waals surface area contributed by atoms with Gasteiger partial charge in [0.25, 0.3) is 0 Å². The van der Waals surface area contributed by atoms with E-state index in [1.54, 1.807) is 0 Å². The second kappa shape index (κ2) is 2.42. The van der Waals surface area contributed by atoms with Crippen LogP contribution in [0.15, 0.2) is 18.3 Å². The molecule has 0 saturated heterocycles. The van der Waals surface area contributed by atoms with Crippen molar-refractivity contribution in [2.24, 2.45) is 0 Å². The summed E-state index contributed by atoms with van der Waals surface area (Å²) in [4.78, 5) is 3.25. The number of nitrogens with one attached hydrogen (secondary N) is 2. The Kier molecular flexibility index (Phi) is 1.35. The quantitative estimate of drug-likeness (QED) is 0.660. The standard InChI is InChI=1S/C10H9ClN2/c11-7-1-2-8-9-6(5-13-8)3-4-12-10(7)9/h1-2,5,12-13H,3-4H2. The molecule has 0 saturated carbocycles. The molecule has 0 amide bonds. The largest absolute Gasteiger partial charge is 0.383 e. The predicted octanol–water partition coefficient (Wildman–Crippen LogP) is 2.79. The van der Waals surface area contributed by atoms with Crippen LogP contribution >= 0.6 is 11.6 Å². The van der Waals surface area contributed by atoms with Crippen molar-refractivity contribution in [1.29, 1.82) is 0 Å². The van der Waals surface area contributed by atoms with Crippen LogP contribution in [0.25, 0.3) is 10.9 Å². The molecule has 0 bridgehead atoms. The zero-order valence-corrected chi connectivity index (χ0v) is 7.78. The van der Waals surface area contributed by atoms with Crippen molar-refractivity contribution in [2.75, 3.05) is 11.9 Å². The molecule has 0 spiro atoms. The smallest absolute Gasteiger partial charge is 0.0645 e. The van der Waals surface area contributed by atoms with Gasteiger partial charge in [-0.15, -0.1) is 0 Å². The van der Waals surface area contributed by atoms with E-state index >= 15 is 0 Å². The maximum Gasteiger partial charge on any atom is 0.0645 e. The number of hydrogen-bond donors (Lipinski definition) is 2. The van der Waals surface area contributed by atoms with Crippen LogP contribution in [0.3, 0.4) is 0 Å². The Morgan fingerprint density at radius 1 is 1.31 bits per heavy atom. The molecular formula is C10H9ClN2. The van der Waals surface area contributed by atoms with E-state index in [2.05, 4.69) is 16.5 Å². The Morgan fingerprint density at radius 2 is 2.23 bits per heavy atom. The Morgan fingerprint density at radius 3 is 3.15 bits per heavy atom. The predicted molar refractivity (Wildman–Crippen MR) is 55.5 cm³/mol. The molecule has 1 aliphatic heterocycles. The molecule has 2 aromatic rings. The highest BCUT2D eigenvalue weighted by atomic mass is 35.5. The molecule has 1 aromatic carbocycles. The van der Waals surface area contributed by atoms with Crippen molar-refractivity contribution in [1.82, 2.24) is 4.98 Å². The molecule has 0 radical (unpaired) electrons. The summed E-state index contributed by atoms with van der Waals surface area (Å²) in [5.41, 5.74) is 3.62. The first kappa shape index (κ1) is 7.27. The minimum Gasteiger partial charge on any atom is -0.383 e. The van der Waals surface area contributed by atoms with Crippen molar-refractivity contribution >= 4 is 28.2 Å². The van der Waals surface area contributed by atoms with E-state index < -0.39 is 0 Å². The zero-order valence-electron chi connectivity index (χ0n) is 7.02. The average molecular weight is 193 g/mol. The van der Waals surface area contributed by atoms with Crippen molar-refractivity contribution in [3.05, 3.63) is 28.9 Å². The fourth-order valence-electron chi connectivity index (χ4n) is 1.96. The van der Waals surface area contributed by atoms with Crippen LogP contribution < -0.4 is 5.32 Å². The number of rotatable bonds is 0. The summed E-state index contributed by atoms with van der Waals surface area (Å²) in [6, 6.07) is 3.95. The van der Waals surface area contributed by atoms with E-state index in [0.29, 0.717) is 0 Å². The topological polar surface area (TPSA) is 27.8 Å². The summed E-state index contributed by atoms with van der Waals surface area (Å²) in [5, 5.41) is 5.41. The molecule has 2 nitrogen and oxygen atoms in total. The number of anilines is 1. The molecule has 2 N–H and O–H groups in total. The van der Waals surface area contributed by atoms with Gasteiger partial charge in [0.05, 0.1) is 10.7 Å². The van der Waals surface area contributed by atoms with Gasteiger partial charge in [0.1, 0.15) is 0 Å². The van der Waals surface area contributed by atoms with E-state index in [-0.39, 0.29) is 0 Å². The molecule has 0 aliphatic carbocycles. The number of halogens is 1. The number of aromatic amines is 1. The summed E-state index contributed by atoms with van der Waals surface area (Å²) in [7, 11) is 0. The van der Waals surface area contributed by atoms with Gasteiger partial charge >= 0.3 is 0 Å². The molecule has 0 unspecified atom stereocenters. The first-order chi connectivity index (χ1) is 6.36. The Labute approximate surface area is 80.9 Å². The number of hydrogen-bond acceptors (Lipinski definition) is 1. The number of aromatic nitrogens is 1. The van der Waals surface area contributed by atoms with Crippen molar-refractivity contribution in [3.63, 3.8) is 0 Å². The zero-order chi connectivity index (χ0) is 8.84. The van der Waals surface area contributed by atoms with Crippen molar-refractivity contribution < 1.29 is 0 Å². The first-order valence-corrected chi connectivity index (χ1v) is 4.76. The summed E-state index contributed by atoms with van der Waals surface area (Å²) in [5.74, 6) is 0. The maximum atomic E-state index is 6.09. The molecule has 13 heavy (non-hydrogen) atoms. The number of benzene rings is 1. The first-order valence-electron chi connectivity index (χ1n) is 4.38. The minimum absolute atomic E-state index is 0.813. The van der Waals surface area contributed by atoms with Gasteiger partial charge in [0.2, 0.25) is 0 Å². The van der Waals surface area contributed by atoms with Gasteiger partial charge in [-0.05, 0) is 24.1 Å². The summed E-state index contributed by atoms with van der Waals surface area (Å²) in [6.45, 7) is 0.976. The third kappa shape index (κ3) is 0.893. The second-order valence-electron chi connectivity index (χ2n) is 3.34. The maximum absolute atomic E-state index is 6.09. The average Bonchev–Trinajstić information content (AvgIpc) is 2.57. The van der Waals surface area contributed by atoms with E-state index in [1.165, 1.54) is 16.5 Å². The number of H-pyrrole nitrogens is 1. The molecule has 3 rings (SSSR count). The Bertz CT molecular complexity index is 473. The highest BCUT2D eigenvalue weighted by Crippen LogP contribution is 2.35. The summed E-state index contributed by atoms with van der Waals surface area (Å²) >= 11 is 6.09. The van der Waals surface area contributed by atoms with Crippen LogP contribution in [-0.2, 0) is 6.42 Å². The highest BCUT2D eigenvalue weighted by Gasteiger charge is 2.15. The summed E-state index contributed by atoms with van der Waals surface area (Å²) in [6.07, 6.45) is 3.15. The van der Waals surface area contributed by atoms with Gasteiger partial charge in [-0.3, -0.25) is 0 Å². The van der Waals surface area contributed by atoms with E-state index in [1.807, 2.05) is 12.1 Å². The van der Waals surface area contributed by atoms with Gasteiger partial charge in [-0.1, -0.05) is 11.6 Å². The molecule has 0 fully saturated rings. The molecule has 1 aliphatic rings. The molecule has 66 valence electrons. The highest BCUT2D eigenvalue weighted by molar-refractivity contribution is 6.35. The lowest BCUT2D eigenvalue weighted by Gasteiger charge is -2.15. The van der Waals surface area contributed by atoms with Crippen LogP contribution in [0.5, 0.6) is 0 Å². The molecule has 2 heterocycles. The fraction of sp³-hybridized carbons (Fsp3) is 0.200. The van der Waals surface area contributed by atoms with Gasteiger partial charge in [0, 0.05) is 23.6 Å². The fourth-order valence-corrected chi connectivity index (χ4v) is 2.18. The lowest BCUT2D eigenvalue weighted by Crippen LogP contribution is -2.10. The van der Waals surface area contributed by atoms with Gasteiger partial charge in [0.15, 0.2) is 0 Å². The second-order valence-corrected chi connectivity index (χ2v) is 3.74. The van der Waals surface area contributed by atoms with Gasteiger partial charge < -0.3 is 10.3 Å². The SMILES string of the molecule is Clc1ccc2[nH]cc3c2c1NCC3. The normalized spacial score (nSPS) is 14.5. The van der Waals surface area contributed by atoms with Gasteiger partial charge in [-0.2, -0.15) is 0 Å². The van der Waals surface area contributed by atoms with Crippen molar-refractivity contribution in [2.45, 2.75) is 6.42 Å². The lowest BCUT2D eigenvalue weighted by atomic mass is 10.1.